The van der Waals surface area contributed by atoms with Gasteiger partial charge >= 0.3 is 0 Å². The first kappa shape index (κ1) is 13.6. The largest absolute Gasteiger partial charge is 0.436 e. The molecular weight excluding hydrogens is 288 g/mol. The van der Waals surface area contributed by atoms with E-state index in [-0.39, 0.29) is 5.91 Å². The maximum absolute atomic E-state index is 11.8. The van der Waals surface area contributed by atoms with Gasteiger partial charge in [0.25, 0.3) is 5.91 Å². The minimum atomic E-state index is -0.0362. The van der Waals surface area contributed by atoms with Crippen LogP contribution in [0.5, 0.6) is 0 Å². The summed E-state index contributed by atoms with van der Waals surface area (Å²) in [6, 6.07) is 12.5. The van der Waals surface area contributed by atoms with Gasteiger partial charge in [0.15, 0.2) is 5.58 Å². The first-order chi connectivity index (χ1) is 10.0. The van der Waals surface area contributed by atoms with E-state index in [4.69, 9.17) is 16.0 Å². The molecule has 5 heteroatoms. The summed E-state index contributed by atoms with van der Waals surface area (Å²) < 4.78 is 5.69. The van der Waals surface area contributed by atoms with Gasteiger partial charge in [-0.05, 0) is 42.5 Å². The van der Waals surface area contributed by atoms with Gasteiger partial charge in [0.2, 0.25) is 5.89 Å². The average Bonchev–Trinajstić information content (AvgIpc) is 2.89. The van der Waals surface area contributed by atoms with Crippen molar-refractivity contribution in [2.24, 2.45) is 0 Å². The number of nitrogens with zero attached hydrogens (tertiary/aromatic N) is 2. The molecule has 106 valence electrons. The molecule has 0 atom stereocenters. The topological polar surface area (TPSA) is 46.3 Å². The van der Waals surface area contributed by atoms with E-state index in [0.717, 1.165) is 5.56 Å². The molecule has 0 aliphatic rings. The van der Waals surface area contributed by atoms with Crippen LogP contribution in [0.4, 0.5) is 0 Å². The summed E-state index contributed by atoms with van der Waals surface area (Å²) in [5, 5.41) is 0.620. The molecule has 1 aromatic heterocycles. The summed E-state index contributed by atoms with van der Waals surface area (Å²) >= 11 is 5.94. The molecule has 0 saturated heterocycles. The summed E-state index contributed by atoms with van der Waals surface area (Å²) in [4.78, 5) is 17.8. The molecule has 4 nitrogen and oxygen atoms in total. The number of rotatable bonds is 2. The highest BCUT2D eigenvalue weighted by Gasteiger charge is 2.11. The lowest BCUT2D eigenvalue weighted by atomic mass is 10.1. The average molecular weight is 301 g/mol. The van der Waals surface area contributed by atoms with Crippen LogP contribution < -0.4 is 0 Å². The van der Waals surface area contributed by atoms with Crippen LogP contribution in [0.1, 0.15) is 10.4 Å². The van der Waals surface area contributed by atoms with Gasteiger partial charge in [-0.3, -0.25) is 4.79 Å². The fraction of sp³-hybridized carbons (Fsp3) is 0.125. The molecule has 1 heterocycles. The van der Waals surface area contributed by atoms with Crippen molar-refractivity contribution in [2.75, 3.05) is 14.1 Å². The van der Waals surface area contributed by atoms with E-state index in [9.17, 15) is 4.79 Å². The molecule has 0 saturated carbocycles. The van der Waals surface area contributed by atoms with Crippen molar-refractivity contribution >= 4 is 28.6 Å². The van der Waals surface area contributed by atoms with Crippen LogP contribution in [0.3, 0.4) is 0 Å². The lowest BCUT2D eigenvalue weighted by Crippen LogP contribution is -2.21. The molecule has 3 rings (SSSR count). The Labute approximate surface area is 127 Å². The highest BCUT2D eigenvalue weighted by molar-refractivity contribution is 6.31. The monoisotopic (exact) mass is 300 g/mol. The van der Waals surface area contributed by atoms with E-state index >= 15 is 0 Å². The molecule has 0 spiro atoms. The number of fused-ring (bicyclic) bond motifs is 1. The SMILES string of the molecule is CN(C)C(=O)c1ccc(-c2nc3cc(Cl)ccc3o2)cc1. The first-order valence-electron chi connectivity index (χ1n) is 6.43. The van der Waals surface area contributed by atoms with Crippen LogP contribution >= 0.6 is 11.6 Å². The number of carbonyl (C=O) groups is 1. The van der Waals surface area contributed by atoms with E-state index < -0.39 is 0 Å². The molecule has 2 aromatic carbocycles. The van der Waals surface area contributed by atoms with Gasteiger partial charge in [-0.15, -0.1) is 0 Å². The van der Waals surface area contributed by atoms with Crippen LogP contribution in [0.25, 0.3) is 22.6 Å². The molecule has 0 aliphatic heterocycles. The fourth-order valence-corrected chi connectivity index (χ4v) is 2.20. The lowest BCUT2D eigenvalue weighted by Gasteiger charge is -2.09. The standard InChI is InChI=1S/C16H13ClN2O2/c1-19(2)16(20)11-5-3-10(4-6-11)15-18-13-9-12(17)7-8-14(13)21-15/h3-9H,1-2H3. The molecule has 0 N–H and O–H groups in total. The summed E-state index contributed by atoms with van der Waals surface area (Å²) in [6.45, 7) is 0. The molecule has 3 aromatic rings. The Hall–Kier alpha value is -2.33. The van der Waals surface area contributed by atoms with Gasteiger partial charge < -0.3 is 9.32 Å². The summed E-state index contributed by atoms with van der Waals surface area (Å²) in [5.74, 6) is 0.474. The predicted molar refractivity (Wildman–Crippen MR) is 82.5 cm³/mol. The minimum Gasteiger partial charge on any atom is -0.436 e. The zero-order valence-electron chi connectivity index (χ0n) is 11.6. The molecular formula is C16H13ClN2O2. The van der Waals surface area contributed by atoms with Crippen molar-refractivity contribution in [3.05, 3.63) is 53.1 Å². The molecule has 0 aliphatic carbocycles. The van der Waals surface area contributed by atoms with Crippen LogP contribution in [0.15, 0.2) is 46.9 Å². The van der Waals surface area contributed by atoms with E-state index in [1.165, 1.54) is 4.90 Å². The summed E-state index contributed by atoms with van der Waals surface area (Å²) in [5.41, 5.74) is 2.84. The number of amides is 1. The molecule has 21 heavy (non-hydrogen) atoms. The zero-order valence-corrected chi connectivity index (χ0v) is 12.4. The van der Waals surface area contributed by atoms with Crippen molar-refractivity contribution in [1.29, 1.82) is 0 Å². The Morgan fingerprint density at radius 3 is 2.52 bits per heavy atom. The number of benzene rings is 2. The van der Waals surface area contributed by atoms with E-state index in [1.54, 1.807) is 44.4 Å². The number of hydrogen-bond acceptors (Lipinski definition) is 3. The van der Waals surface area contributed by atoms with Gasteiger partial charge in [-0.2, -0.15) is 0 Å². The Balaban J connectivity index is 1.97. The van der Waals surface area contributed by atoms with Gasteiger partial charge in [0, 0.05) is 30.2 Å². The third-order valence-corrected chi connectivity index (χ3v) is 3.37. The van der Waals surface area contributed by atoms with Crippen molar-refractivity contribution in [3.63, 3.8) is 0 Å². The van der Waals surface area contributed by atoms with Gasteiger partial charge in [-0.1, -0.05) is 11.6 Å². The quantitative estimate of drug-likeness (QED) is 0.722. The number of halogens is 1. The first-order valence-corrected chi connectivity index (χ1v) is 6.80. The van der Waals surface area contributed by atoms with E-state index in [1.807, 2.05) is 12.1 Å². The van der Waals surface area contributed by atoms with Crippen LogP contribution in [0.2, 0.25) is 5.02 Å². The highest BCUT2D eigenvalue weighted by Crippen LogP contribution is 2.26. The number of hydrogen-bond donors (Lipinski definition) is 0. The summed E-state index contributed by atoms with van der Waals surface area (Å²) in [7, 11) is 3.45. The van der Waals surface area contributed by atoms with Crippen LogP contribution in [-0.2, 0) is 0 Å². The second-order valence-electron chi connectivity index (χ2n) is 4.91. The van der Waals surface area contributed by atoms with Crippen molar-refractivity contribution < 1.29 is 9.21 Å². The smallest absolute Gasteiger partial charge is 0.253 e. The third kappa shape index (κ3) is 2.62. The predicted octanol–water partition coefficient (Wildman–Crippen LogP) is 3.85. The maximum atomic E-state index is 11.8. The van der Waals surface area contributed by atoms with Crippen molar-refractivity contribution in [3.8, 4) is 11.5 Å². The third-order valence-electron chi connectivity index (χ3n) is 3.13. The van der Waals surface area contributed by atoms with Crippen LogP contribution in [0, 0.1) is 0 Å². The second kappa shape index (κ2) is 5.22. The molecule has 1 amide bonds. The molecule has 0 radical (unpaired) electrons. The normalized spacial score (nSPS) is 10.8. The Bertz CT molecular complexity index is 807. The van der Waals surface area contributed by atoms with E-state index in [2.05, 4.69) is 4.98 Å². The minimum absolute atomic E-state index is 0.0362. The number of oxazole rings is 1. The van der Waals surface area contributed by atoms with Gasteiger partial charge in [0.1, 0.15) is 5.52 Å². The lowest BCUT2D eigenvalue weighted by molar-refractivity contribution is 0.0827. The molecule has 0 bridgehead atoms. The van der Waals surface area contributed by atoms with Crippen molar-refractivity contribution in [2.45, 2.75) is 0 Å². The van der Waals surface area contributed by atoms with Crippen molar-refractivity contribution in [1.82, 2.24) is 9.88 Å². The Morgan fingerprint density at radius 2 is 1.86 bits per heavy atom. The van der Waals surface area contributed by atoms with Gasteiger partial charge in [-0.25, -0.2) is 4.98 Å². The zero-order chi connectivity index (χ0) is 15.0. The second-order valence-corrected chi connectivity index (χ2v) is 5.34. The molecule has 0 unspecified atom stereocenters. The Kier molecular flexibility index (Phi) is 3.39. The van der Waals surface area contributed by atoms with Gasteiger partial charge in [0.05, 0.1) is 0 Å². The molecule has 0 fully saturated rings. The fourth-order valence-electron chi connectivity index (χ4n) is 2.04. The highest BCUT2D eigenvalue weighted by atomic mass is 35.5. The van der Waals surface area contributed by atoms with E-state index in [0.29, 0.717) is 27.6 Å². The Morgan fingerprint density at radius 1 is 1.14 bits per heavy atom. The van der Waals surface area contributed by atoms with Crippen LogP contribution in [-0.4, -0.2) is 29.9 Å². The number of carbonyl (C=O) groups excluding carboxylic acids is 1. The maximum Gasteiger partial charge on any atom is 0.253 e. The number of aromatic nitrogens is 1. The summed E-state index contributed by atoms with van der Waals surface area (Å²) in [6.07, 6.45) is 0.